The van der Waals surface area contributed by atoms with Crippen molar-refractivity contribution in [3.05, 3.63) is 36.0 Å². The number of likely N-dealkylation sites (tertiary alicyclic amines) is 1. The fraction of sp³-hybridized carbons (Fsp3) is 0.409. The van der Waals surface area contributed by atoms with E-state index < -0.39 is 18.0 Å². The molecule has 35 heavy (non-hydrogen) atoms. The molecule has 2 fully saturated rings. The van der Waals surface area contributed by atoms with Gasteiger partial charge in [0.2, 0.25) is 5.95 Å². The number of carbonyl (C=O) groups is 1. The van der Waals surface area contributed by atoms with Crippen molar-refractivity contribution in [2.45, 2.75) is 24.7 Å². The quantitative estimate of drug-likeness (QED) is 0.395. The summed E-state index contributed by atoms with van der Waals surface area (Å²) in [5.41, 5.74) is 1.47. The number of aldehydes is 1. The number of fused-ring (bicyclic) bond motifs is 2. The molecule has 182 valence electrons. The summed E-state index contributed by atoms with van der Waals surface area (Å²) in [5, 5.41) is 14.5. The second-order valence-corrected chi connectivity index (χ2v) is 8.72. The van der Waals surface area contributed by atoms with E-state index in [1.54, 1.807) is 19.3 Å². The summed E-state index contributed by atoms with van der Waals surface area (Å²) in [6, 6.07) is 1.44. The van der Waals surface area contributed by atoms with Gasteiger partial charge in [-0.15, -0.1) is 5.10 Å². The minimum atomic E-state index is -1.10. The van der Waals surface area contributed by atoms with E-state index in [2.05, 4.69) is 35.7 Å². The molecule has 2 aliphatic heterocycles. The summed E-state index contributed by atoms with van der Waals surface area (Å²) in [7, 11) is 1.66. The van der Waals surface area contributed by atoms with E-state index in [1.807, 2.05) is 0 Å². The third-order valence-electron chi connectivity index (χ3n) is 6.63. The number of nitrogens with zero attached hydrogens (tertiary/aromatic N) is 7. The highest BCUT2D eigenvalue weighted by Crippen LogP contribution is 2.32. The Morgan fingerprint density at radius 3 is 2.83 bits per heavy atom. The van der Waals surface area contributed by atoms with E-state index >= 15 is 4.39 Å². The van der Waals surface area contributed by atoms with Crippen LogP contribution in [-0.4, -0.2) is 92.0 Å². The van der Waals surface area contributed by atoms with Gasteiger partial charge in [0, 0.05) is 26.3 Å². The lowest BCUT2D eigenvalue weighted by Gasteiger charge is -2.42. The normalized spacial score (nSPS) is 21.3. The predicted octanol–water partition coefficient (Wildman–Crippen LogP) is 1.66. The molecule has 2 N–H and O–H groups in total. The smallest absolute Gasteiger partial charge is 0.243 e. The summed E-state index contributed by atoms with van der Waals surface area (Å²) in [4.78, 5) is 22.4. The Morgan fingerprint density at radius 2 is 2.11 bits per heavy atom. The Kier molecular flexibility index (Phi) is 5.29. The molecule has 2 saturated heterocycles. The maximum Gasteiger partial charge on any atom is 0.243 e. The number of anilines is 2. The Hall–Kier alpha value is -3.71. The summed E-state index contributed by atoms with van der Waals surface area (Å²) in [5.74, 6) is -0.0121. The van der Waals surface area contributed by atoms with E-state index in [9.17, 15) is 9.18 Å². The van der Waals surface area contributed by atoms with Gasteiger partial charge in [-0.3, -0.25) is 9.69 Å². The van der Waals surface area contributed by atoms with Crippen LogP contribution in [0.2, 0.25) is 0 Å². The first-order chi connectivity index (χ1) is 17.1. The Morgan fingerprint density at radius 1 is 1.26 bits per heavy atom. The van der Waals surface area contributed by atoms with Gasteiger partial charge in [0.15, 0.2) is 23.6 Å². The summed E-state index contributed by atoms with van der Waals surface area (Å²) in [6.07, 6.45) is 4.37. The third-order valence-corrected chi connectivity index (χ3v) is 6.63. The van der Waals surface area contributed by atoms with Crippen LogP contribution in [0.25, 0.3) is 22.4 Å². The monoisotopic (exact) mass is 483 g/mol. The topological polar surface area (TPSA) is 114 Å². The average Bonchev–Trinajstić information content (AvgIpc) is 3.38. The van der Waals surface area contributed by atoms with Crippen LogP contribution in [0.15, 0.2) is 24.7 Å². The van der Waals surface area contributed by atoms with Gasteiger partial charge in [0.05, 0.1) is 54.5 Å². The first-order valence-corrected chi connectivity index (χ1v) is 11.3. The summed E-state index contributed by atoms with van der Waals surface area (Å²) >= 11 is 0. The lowest BCUT2D eigenvalue weighted by Crippen LogP contribution is -2.57. The molecule has 0 radical (unpaired) electrons. The number of halogens is 2. The van der Waals surface area contributed by atoms with Crippen LogP contribution >= 0.6 is 0 Å². The van der Waals surface area contributed by atoms with Crippen LogP contribution in [0.1, 0.15) is 16.8 Å². The molecular formula is C22H23F2N9O2. The van der Waals surface area contributed by atoms with Crippen molar-refractivity contribution in [2.24, 2.45) is 0 Å². The van der Waals surface area contributed by atoms with Gasteiger partial charge >= 0.3 is 0 Å². The van der Waals surface area contributed by atoms with Gasteiger partial charge < -0.3 is 15.4 Å². The number of alkyl halides is 1. The SMILES string of the molecule is CNc1nc(NC2CCN(C3COC3)CC2F)nn2cc(F)c(-c3ccn4ncc(C=O)c4n3)c12. The molecule has 13 heteroatoms. The van der Waals surface area contributed by atoms with E-state index in [-0.39, 0.29) is 17.6 Å². The van der Waals surface area contributed by atoms with Gasteiger partial charge in [-0.05, 0) is 12.5 Å². The number of hydrogen-bond donors (Lipinski definition) is 2. The number of aromatic nitrogens is 6. The second kappa shape index (κ2) is 8.50. The number of rotatable bonds is 6. The number of carbonyl (C=O) groups excluding carboxylic acids is 1. The van der Waals surface area contributed by atoms with Crippen LogP contribution < -0.4 is 10.6 Å². The molecule has 0 saturated carbocycles. The third kappa shape index (κ3) is 3.67. The Bertz CT molecular complexity index is 1420. The van der Waals surface area contributed by atoms with Crippen LogP contribution in [0.4, 0.5) is 20.5 Å². The van der Waals surface area contributed by atoms with Crippen molar-refractivity contribution >= 4 is 29.2 Å². The molecule has 0 bridgehead atoms. The molecule has 0 spiro atoms. The number of hydrogen-bond acceptors (Lipinski definition) is 9. The van der Waals surface area contributed by atoms with Crippen LogP contribution in [0.5, 0.6) is 0 Å². The van der Waals surface area contributed by atoms with Crippen molar-refractivity contribution in [1.29, 1.82) is 0 Å². The van der Waals surface area contributed by atoms with Crippen LogP contribution in [-0.2, 0) is 4.74 Å². The molecule has 2 aliphatic rings. The van der Waals surface area contributed by atoms with Crippen molar-refractivity contribution in [3.63, 3.8) is 0 Å². The Labute approximate surface area is 198 Å². The Balaban J connectivity index is 1.33. The number of ether oxygens (including phenoxy) is 1. The summed E-state index contributed by atoms with van der Waals surface area (Å²) in [6.45, 7) is 2.37. The van der Waals surface area contributed by atoms with Gasteiger partial charge in [-0.25, -0.2) is 22.8 Å². The van der Waals surface area contributed by atoms with Crippen molar-refractivity contribution in [3.8, 4) is 11.3 Å². The molecule has 6 rings (SSSR count). The lowest BCUT2D eigenvalue weighted by atomic mass is 10.0. The number of nitrogens with one attached hydrogen (secondary N) is 2. The maximum atomic E-state index is 15.2. The molecule has 4 aromatic heterocycles. The van der Waals surface area contributed by atoms with Gasteiger partial charge in [0.25, 0.3) is 0 Å². The molecule has 4 aromatic rings. The van der Waals surface area contributed by atoms with Crippen molar-refractivity contribution in [2.75, 3.05) is 44.0 Å². The summed E-state index contributed by atoms with van der Waals surface area (Å²) < 4.78 is 38.1. The molecule has 0 aromatic carbocycles. The highest BCUT2D eigenvalue weighted by molar-refractivity contribution is 5.89. The lowest BCUT2D eigenvalue weighted by molar-refractivity contribution is -0.0794. The zero-order chi connectivity index (χ0) is 24.1. The maximum absolute atomic E-state index is 15.2. The van der Waals surface area contributed by atoms with Crippen molar-refractivity contribution < 1.29 is 18.3 Å². The fourth-order valence-electron chi connectivity index (χ4n) is 4.66. The second-order valence-electron chi connectivity index (χ2n) is 8.72. The van der Waals surface area contributed by atoms with Crippen LogP contribution in [0.3, 0.4) is 0 Å². The van der Waals surface area contributed by atoms with E-state index in [0.29, 0.717) is 60.7 Å². The van der Waals surface area contributed by atoms with Gasteiger partial charge in [-0.2, -0.15) is 10.1 Å². The molecule has 0 aliphatic carbocycles. The average molecular weight is 483 g/mol. The number of piperidine rings is 1. The van der Waals surface area contributed by atoms with E-state index in [0.717, 1.165) is 6.54 Å². The first-order valence-electron chi connectivity index (χ1n) is 11.3. The van der Waals surface area contributed by atoms with E-state index in [4.69, 9.17) is 4.74 Å². The molecule has 0 amide bonds. The highest BCUT2D eigenvalue weighted by Gasteiger charge is 2.35. The minimum Gasteiger partial charge on any atom is -0.378 e. The molecular weight excluding hydrogens is 460 g/mol. The largest absolute Gasteiger partial charge is 0.378 e. The zero-order valence-electron chi connectivity index (χ0n) is 18.9. The molecule has 2 atom stereocenters. The van der Waals surface area contributed by atoms with Gasteiger partial charge in [0.1, 0.15) is 11.7 Å². The van der Waals surface area contributed by atoms with E-state index in [1.165, 1.54) is 21.4 Å². The minimum absolute atomic E-state index is 0.181. The predicted molar refractivity (Wildman–Crippen MR) is 123 cm³/mol. The van der Waals surface area contributed by atoms with Crippen LogP contribution in [0, 0.1) is 5.82 Å². The first kappa shape index (κ1) is 21.8. The standard InChI is InChI=1S/C22H23F2N9O2/c1-25-20-19-18(17-3-5-32-21(27-17)12(9-34)6-26-32)15(24)8-33(19)30-22(29-20)28-16-2-4-31(7-14(16)23)13-10-35-11-13/h3,5-6,8-9,13-14,16H,2,4,7,10-11H2,1H3,(H2,25,28,29,30). The molecule has 11 nitrogen and oxygen atoms in total. The highest BCUT2D eigenvalue weighted by atomic mass is 19.1. The zero-order valence-corrected chi connectivity index (χ0v) is 18.9. The van der Waals surface area contributed by atoms with Crippen molar-refractivity contribution in [1.82, 2.24) is 34.1 Å². The molecule has 6 heterocycles. The molecule has 2 unspecified atom stereocenters. The van der Waals surface area contributed by atoms with Gasteiger partial charge in [-0.1, -0.05) is 0 Å². The fourth-order valence-corrected chi connectivity index (χ4v) is 4.66.